The number of hydrogen-bond acceptors (Lipinski definition) is 4. The number of aromatic nitrogens is 1. The average Bonchev–Trinajstić information content (AvgIpc) is 3.27. The zero-order valence-electron chi connectivity index (χ0n) is 16.0. The highest BCUT2D eigenvalue weighted by atomic mass is 16.3. The molecule has 144 valence electrons. The van der Waals surface area contributed by atoms with E-state index in [1.165, 1.54) is 6.26 Å². The molecule has 0 aliphatic carbocycles. The summed E-state index contributed by atoms with van der Waals surface area (Å²) in [6.45, 7) is 3.84. The number of nitrogens with one attached hydrogen (secondary N) is 2. The Hall–Kier alpha value is -3.93. The molecule has 2 aromatic heterocycles. The number of carbonyl (C=O) groups excluding carboxylic acids is 2. The lowest BCUT2D eigenvalue weighted by molar-refractivity contribution is 0.0993. The van der Waals surface area contributed by atoms with E-state index in [4.69, 9.17) is 4.42 Å². The van der Waals surface area contributed by atoms with E-state index in [0.717, 1.165) is 22.0 Å². The van der Waals surface area contributed by atoms with Gasteiger partial charge in [-0.2, -0.15) is 0 Å². The molecular formula is C23H19N3O3. The zero-order valence-corrected chi connectivity index (χ0v) is 16.0. The van der Waals surface area contributed by atoms with Crippen molar-refractivity contribution in [2.24, 2.45) is 0 Å². The molecule has 0 aliphatic heterocycles. The van der Waals surface area contributed by atoms with Gasteiger partial charge >= 0.3 is 0 Å². The highest BCUT2D eigenvalue weighted by Crippen LogP contribution is 2.26. The number of amides is 2. The average molecular weight is 385 g/mol. The molecule has 6 heteroatoms. The van der Waals surface area contributed by atoms with Crippen molar-refractivity contribution in [3.05, 3.63) is 89.5 Å². The lowest BCUT2D eigenvalue weighted by Gasteiger charge is -2.12. The second-order valence-electron chi connectivity index (χ2n) is 6.74. The van der Waals surface area contributed by atoms with Crippen LogP contribution in [-0.4, -0.2) is 16.8 Å². The van der Waals surface area contributed by atoms with Crippen molar-refractivity contribution in [1.82, 2.24) is 4.98 Å². The van der Waals surface area contributed by atoms with Gasteiger partial charge in [-0.05, 0) is 67.4 Å². The molecule has 2 aromatic carbocycles. The molecule has 0 saturated heterocycles. The van der Waals surface area contributed by atoms with Crippen molar-refractivity contribution >= 4 is 34.1 Å². The van der Waals surface area contributed by atoms with Gasteiger partial charge in [0.05, 0.1) is 17.5 Å². The number of aryl methyl sites for hydroxylation is 2. The van der Waals surface area contributed by atoms with E-state index in [1.807, 2.05) is 38.1 Å². The third-order valence-electron chi connectivity index (χ3n) is 4.71. The van der Waals surface area contributed by atoms with Gasteiger partial charge in [-0.15, -0.1) is 0 Å². The first-order valence-corrected chi connectivity index (χ1v) is 9.14. The number of hydrogen-bond donors (Lipinski definition) is 2. The summed E-state index contributed by atoms with van der Waals surface area (Å²) < 4.78 is 5.12. The molecule has 2 N–H and O–H groups in total. The van der Waals surface area contributed by atoms with Crippen LogP contribution in [0.2, 0.25) is 0 Å². The minimum atomic E-state index is -0.369. The Balaban J connectivity index is 1.60. The second kappa shape index (κ2) is 7.59. The highest BCUT2D eigenvalue weighted by molar-refractivity contribution is 6.10. The zero-order chi connectivity index (χ0) is 20.4. The van der Waals surface area contributed by atoms with Crippen LogP contribution in [0.25, 0.3) is 10.9 Å². The van der Waals surface area contributed by atoms with Crippen molar-refractivity contribution in [3.63, 3.8) is 0 Å². The Morgan fingerprint density at radius 1 is 0.862 bits per heavy atom. The smallest absolute Gasteiger partial charge is 0.291 e. The van der Waals surface area contributed by atoms with E-state index in [0.29, 0.717) is 16.9 Å². The first-order chi connectivity index (χ1) is 14.0. The van der Waals surface area contributed by atoms with E-state index in [-0.39, 0.29) is 17.6 Å². The van der Waals surface area contributed by atoms with E-state index >= 15 is 0 Å². The molecule has 0 saturated carbocycles. The Morgan fingerprint density at radius 3 is 2.45 bits per heavy atom. The number of pyridine rings is 1. The molecule has 0 atom stereocenters. The topological polar surface area (TPSA) is 84.2 Å². The maximum atomic E-state index is 12.9. The Morgan fingerprint density at radius 2 is 1.66 bits per heavy atom. The van der Waals surface area contributed by atoms with Gasteiger partial charge in [-0.25, -0.2) is 0 Å². The van der Waals surface area contributed by atoms with Gasteiger partial charge in [0.25, 0.3) is 11.8 Å². The van der Waals surface area contributed by atoms with E-state index < -0.39 is 0 Å². The van der Waals surface area contributed by atoms with Crippen LogP contribution in [0.5, 0.6) is 0 Å². The van der Waals surface area contributed by atoms with Gasteiger partial charge in [0.2, 0.25) is 0 Å². The summed E-state index contributed by atoms with van der Waals surface area (Å²) in [7, 11) is 0. The molecule has 6 nitrogen and oxygen atoms in total. The molecule has 2 heterocycles. The van der Waals surface area contributed by atoms with Crippen molar-refractivity contribution < 1.29 is 14.0 Å². The van der Waals surface area contributed by atoms with E-state index in [2.05, 4.69) is 15.6 Å². The Bertz CT molecular complexity index is 1210. The summed E-state index contributed by atoms with van der Waals surface area (Å²) in [6, 6.07) is 16.0. The maximum Gasteiger partial charge on any atom is 0.291 e. The summed E-state index contributed by atoms with van der Waals surface area (Å²) in [5, 5.41) is 6.61. The van der Waals surface area contributed by atoms with Crippen LogP contribution in [0.15, 0.2) is 71.5 Å². The predicted octanol–water partition coefficient (Wildman–Crippen LogP) is 4.95. The van der Waals surface area contributed by atoms with Crippen molar-refractivity contribution in [2.75, 3.05) is 10.6 Å². The molecule has 29 heavy (non-hydrogen) atoms. The van der Waals surface area contributed by atoms with Gasteiger partial charge in [0.1, 0.15) is 0 Å². The van der Waals surface area contributed by atoms with Crippen LogP contribution in [0.4, 0.5) is 11.4 Å². The number of benzene rings is 2. The Kier molecular flexibility index (Phi) is 4.83. The largest absolute Gasteiger partial charge is 0.459 e. The van der Waals surface area contributed by atoms with Crippen LogP contribution in [0.3, 0.4) is 0 Å². The fourth-order valence-corrected chi connectivity index (χ4v) is 3.11. The van der Waals surface area contributed by atoms with Crippen LogP contribution in [0.1, 0.15) is 32.0 Å². The first-order valence-electron chi connectivity index (χ1n) is 9.14. The quantitative estimate of drug-likeness (QED) is 0.521. The molecule has 0 radical (unpaired) electrons. The number of anilines is 2. The lowest BCUT2D eigenvalue weighted by Crippen LogP contribution is -2.15. The third kappa shape index (κ3) is 3.73. The van der Waals surface area contributed by atoms with Gasteiger partial charge < -0.3 is 15.1 Å². The molecule has 0 fully saturated rings. The minimum absolute atomic E-state index is 0.206. The number of carbonyl (C=O) groups is 2. The Labute approximate surface area is 167 Å². The van der Waals surface area contributed by atoms with Crippen molar-refractivity contribution in [1.29, 1.82) is 0 Å². The second-order valence-corrected chi connectivity index (χ2v) is 6.74. The monoisotopic (exact) mass is 385 g/mol. The van der Waals surface area contributed by atoms with Crippen LogP contribution in [-0.2, 0) is 0 Å². The molecule has 0 spiro atoms. The SMILES string of the molecule is Cc1ccc(C(=O)Nc2ccc(C)c3ncccc23)cc1NC(=O)c1ccco1. The minimum Gasteiger partial charge on any atom is -0.459 e. The first kappa shape index (κ1) is 18.4. The standard InChI is InChI=1S/C23H19N3O3/c1-14-7-9-16(13-19(14)26-23(28)20-6-4-12-29-20)22(27)25-18-10-8-15(2)21-17(18)5-3-11-24-21/h3-13H,1-2H3,(H,25,27)(H,26,28). The summed E-state index contributed by atoms with van der Waals surface area (Å²) in [5.41, 5.74) is 4.40. The fourth-order valence-electron chi connectivity index (χ4n) is 3.11. The van der Waals surface area contributed by atoms with Crippen LogP contribution < -0.4 is 10.6 Å². The lowest BCUT2D eigenvalue weighted by atomic mass is 10.1. The molecule has 0 bridgehead atoms. The van der Waals surface area contributed by atoms with Crippen molar-refractivity contribution in [3.8, 4) is 0 Å². The van der Waals surface area contributed by atoms with Gasteiger partial charge in [-0.3, -0.25) is 14.6 Å². The summed E-state index contributed by atoms with van der Waals surface area (Å²) >= 11 is 0. The number of rotatable bonds is 4. The van der Waals surface area contributed by atoms with Crippen molar-refractivity contribution in [2.45, 2.75) is 13.8 Å². The third-order valence-corrected chi connectivity index (χ3v) is 4.71. The van der Waals surface area contributed by atoms with E-state index in [9.17, 15) is 9.59 Å². The molecule has 0 unspecified atom stereocenters. The summed E-state index contributed by atoms with van der Waals surface area (Å²) in [6.07, 6.45) is 3.17. The number of fused-ring (bicyclic) bond motifs is 1. The number of furan rings is 1. The van der Waals surface area contributed by atoms with Gasteiger partial charge in [0.15, 0.2) is 5.76 Å². The fraction of sp³-hybridized carbons (Fsp3) is 0.0870. The van der Waals surface area contributed by atoms with Gasteiger partial charge in [-0.1, -0.05) is 12.1 Å². The normalized spacial score (nSPS) is 10.7. The molecule has 4 rings (SSSR count). The number of nitrogens with zero attached hydrogens (tertiary/aromatic N) is 1. The summed E-state index contributed by atoms with van der Waals surface area (Å²) in [4.78, 5) is 29.5. The predicted molar refractivity (Wildman–Crippen MR) is 112 cm³/mol. The maximum absolute atomic E-state index is 12.9. The van der Waals surface area contributed by atoms with E-state index in [1.54, 1.807) is 36.5 Å². The molecule has 0 aliphatic rings. The van der Waals surface area contributed by atoms with Gasteiger partial charge in [0, 0.05) is 22.8 Å². The van der Waals surface area contributed by atoms with Crippen LogP contribution >= 0.6 is 0 Å². The van der Waals surface area contributed by atoms with Crippen LogP contribution in [0, 0.1) is 13.8 Å². The highest BCUT2D eigenvalue weighted by Gasteiger charge is 2.14. The summed E-state index contributed by atoms with van der Waals surface area (Å²) in [5.74, 6) is -0.434. The molecule has 4 aromatic rings. The molecular weight excluding hydrogens is 366 g/mol. The molecule has 2 amide bonds.